The highest BCUT2D eigenvalue weighted by Crippen LogP contribution is 2.22. The van der Waals surface area contributed by atoms with Crippen LogP contribution >= 0.6 is 0 Å². The standard InChI is InChI=1S/C14H17NO3S/c1-2-3-8-15-13-6-4-11-5-7-14(19(16,17)18)10-12(11)9-13/h4-7,9-10,15H,2-3,8H2,1H3,(H,16,17,18). The first-order chi connectivity index (χ1) is 9.00. The van der Waals surface area contributed by atoms with E-state index in [2.05, 4.69) is 12.2 Å². The molecule has 0 amide bonds. The lowest BCUT2D eigenvalue weighted by molar-refractivity contribution is 0.483. The number of hydrogen-bond acceptors (Lipinski definition) is 3. The van der Waals surface area contributed by atoms with Crippen molar-refractivity contribution in [2.75, 3.05) is 11.9 Å². The van der Waals surface area contributed by atoms with Crippen LogP contribution in [0.5, 0.6) is 0 Å². The molecule has 0 saturated carbocycles. The van der Waals surface area contributed by atoms with E-state index in [0.717, 1.165) is 35.8 Å². The zero-order valence-corrected chi connectivity index (χ0v) is 11.6. The van der Waals surface area contributed by atoms with Crippen LogP contribution in [0.3, 0.4) is 0 Å². The van der Waals surface area contributed by atoms with Gasteiger partial charge in [0.25, 0.3) is 10.1 Å². The molecule has 0 bridgehead atoms. The summed E-state index contributed by atoms with van der Waals surface area (Å²) in [6.45, 7) is 3.01. The van der Waals surface area contributed by atoms with Gasteiger partial charge in [0, 0.05) is 12.2 Å². The number of rotatable bonds is 5. The van der Waals surface area contributed by atoms with Crippen LogP contribution in [-0.4, -0.2) is 19.5 Å². The van der Waals surface area contributed by atoms with Crippen molar-refractivity contribution in [3.8, 4) is 0 Å². The monoisotopic (exact) mass is 279 g/mol. The van der Waals surface area contributed by atoms with Crippen LogP contribution in [0, 0.1) is 0 Å². The molecule has 0 unspecified atom stereocenters. The molecule has 0 atom stereocenters. The van der Waals surface area contributed by atoms with Crippen molar-refractivity contribution in [2.24, 2.45) is 0 Å². The zero-order chi connectivity index (χ0) is 13.9. The molecule has 0 radical (unpaired) electrons. The molecule has 2 N–H and O–H groups in total. The molecule has 5 heteroatoms. The van der Waals surface area contributed by atoms with E-state index in [1.807, 2.05) is 18.2 Å². The van der Waals surface area contributed by atoms with Gasteiger partial charge in [0.2, 0.25) is 0 Å². The minimum Gasteiger partial charge on any atom is -0.385 e. The van der Waals surface area contributed by atoms with E-state index in [0.29, 0.717) is 0 Å². The molecule has 0 fully saturated rings. The van der Waals surface area contributed by atoms with Crippen LogP contribution in [-0.2, 0) is 10.1 Å². The SMILES string of the molecule is CCCCNc1ccc2ccc(S(=O)(=O)O)cc2c1. The second-order valence-electron chi connectivity index (χ2n) is 4.48. The van der Waals surface area contributed by atoms with Gasteiger partial charge >= 0.3 is 0 Å². The Hall–Kier alpha value is -1.59. The maximum atomic E-state index is 11.1. The summed E-state index contributed by atoms with van der Waals surface area (Å²) in [5.74, 6) is 0. The Kier molecular flexibility index (Phi) is 4.07. The Morgan fingerprint density at radius 2 is 1.84 bits per heavy atom. The quantitative estimate of drug-likeness (QED) is 0.651. The number of benzene rings is 2. The van der Waals surface area contributed by atoms with Gasteiger partial charge < -0.3 is 5.32 Å². The predicted molar refractivity (Wildman–Crippen MR) is 77.2 cm³/mol. The number of fused-ring (bicyclic) bond motifs is 1. The lowest BCUT2D eigenvalue weighted by atomic mass is 10.1. The fourth-order valence-corrected chi connectivity index (χ4v) is 2.42. The molecule has 0 aromatic heterocycles. The van der Waals surface area contributed by atoms with E-state index < -0.39 is 10.1 Å². The van der Waals surface area contributed by atoms with E-state index in [1.165, 1.54) is 12.1 Å². The molecule has 2 aromatic carbocycles. The van der Waals surface area contributed by atoms with Crippen LogP contribution < -0.4 is 5.32 Å². The molecule has 19 heavy (non-hydrogen) atoms. The summed E-state index contributed by atoms with van der Waals surface area (Å²) in [5, 5.41) is 5.01. The predicted octanol–water partition coefficient (Wildman–Crippen LogP) is 3.30. The minimum absolute atomic E-state index is 0.0780. The summed E-state index contributed by atoms with van der Waals surface area (Å²) >= 11 is 0. The van der Waals surface area contributed by atoms with Gasteiger partial charge in [-0.1, -0.05) is 25.5 Å². The third-order valence-corrected chi connectivity index (χ3v) is 3.82. The summed E-state index contributed by atoms with van der Waals surface area (Å²) in [6.07, 6.45) is 2.20. The van der Waals surface area contributed by atoms with Gasteiger partial charge in [-0.05, 0) is 41.5 Å². The summed E-state index contributed by atoms with van der Waals surface area (Å²) in [6, 6.07) is 10.4. The average Bonchev–Trinajstić information content (AvgIpc) is 2.37. The van der Waals surface area contributed by atoms with Crippen molar-refractivity contribution in [1.29, 1.82) is 0 Å². The highest BCUT2D eigenvalue weighted by Gasteiger charge is 2.09. The summed E-state index contributed by atoms with van der Waals surface area (Å²) in [4.78, 5) is -0.0780. The molecule has 4 nitrogen and oxygen atoms in total. The van der Waals surface area contributed by atoms with Gasteiger partial charge in [0.15, 0.2) is 0 Å². The van der Waals surface area contributed by atoms with E-state index in [9.17, 15) is 8.42 Å². The number of unbranched alkanes of at least 4 members (excludes halogenated alkanes) is 1. The first-order valence-corrected chi connectivity index (χ1v) is 7.70. The van der Waals surface area contributed by atoms with Gasteiger partial charge in [-0.2, -0.15) is 8.42 Å². The fourth-order valence-electron chi connectivity index (χ4n) is 1.90. The molecule has 0 heterocycles. The Morgan fingerprint density at radius 3 is 2.53 bits per heavy atom. The van der Waals surface area contributed by atoms with Gasteiger partial charge in [-0.15, -0.1) is 0 Å². The third-order valence-electron chi connectivity index (χ3n) is 2.97. The van der Waals surface area contributed by atoms with Crippen molar-refractivity contribution < 1.29 is 13.0 Å². The van der Waals surface area contributed by atoms with Crippen LogP contribution in [0.15, 0.2) is 41.3 Å². The Balaban J connectivity index is 2.34. The van der Waals surface area contributed by atoms with Gasteiger partial charge in [-0.3, -0.25) is 4.55 Å². The smallest absolute Gasteiger partial charge is 0.294 e. The molecule has 102 valence electrons. The van der Waals surface area contributed by atoms with Crippen LogP contribution in [0.25, 0.3) is 10.8 Å². The molecular formula is C14H17NO3S. The van der Waals surface area contributed by atoms with E-state index in [1.54, 1.807) is 6.07 Å². The molecule has 2 aromatic rings. The molecule has 0 spiro atoms. The lowest BCUT2D eigenvalue weighted by Crippen LogP contribution is -2.01. The van der Waals surface area contributed by atoms with Gasteiger partial charge in [0.05, 0.1) is 4.90 Å². The lowest BCUT2D eigenvalue weighted by Gasteiger charge is -2.07. The average molecular weight is 279 g/mol. The van der Waals surface area contributed by atoms with Crippen LogP contribution in [0.2, 0.25) is 0 Å². The fraction of sp³-hybridized carbons (Fsp3) is 0.286. The maximum Gasteiger partial charge on any atom is 0.294 e. The topological polar surface area (TPSA) is 66.4 Å². The molecule has 0 aliphatic heterocycles. The second kappa shape index (κ2) is 5.59. The third kappa shape index (κ3) is 3.45. The van der Waals surface area contributed by atoms with Gasteiger partial charge in [0.1, 0.15) is 0 Å². The first-order valence-electron chi connectivity index (χ1n) is 6.26. The van der Waals surface area contributed by atoms with E-state index in [-0.39, 0.29) is 4.90 Å². The molecule has 0 saturated heterocycles. The molecule has 0 aliphatic rings. The molecular weight excluding hydrogens is 262 g/mol. The van der Waals surface area contributed by atoms with Crippen LogP contribution in [0.1, 0.15) is 19.8 Å². The zero-order valence-electron chi connectivity index (χ0n) is 10.8. The highest BCUT2D eigenvalue weighted by molar-refractivity contribution is 7.85. The van der Waals surface area contributed by atoms with E-state index in [4.69, 9.17) is 4.55 Å². The van der Waals surface area contributed by atoms with E-state index >= 15 is 0 Å². The summed E-state index contributed by atoms with van der Waals surface area (Å²) in [5.41, 5.74) is 0.952. The molecule has 0 aliphatic carbocycles. The molecule has 2 rings (SSSR count). The maximum absolute atomic E-state index is 11.1. The number of nitrogens with one attached hydrogen (secondary N) is 1. The van der Waals surface area contributed by atoms with Crippen molar-refractivity contribution in [1.82, 2.24) is 0 Å². The second-order valence-corrected chi connectivity index (χ2v) is 5.90. The highest BCUT2D eigenvalue weighted by atomic mass is 32.2. The largest absolute Gasteiger partial charge is 0.385 e. The number of hydrogen-bond donors (Lipinski definition) is 2. The summed E-state index contributed by atoms with van der Waals surface area (Å²) in [7, 11) is -4.15. The Bertz CT molecular complexity index is 680. The van der Waals surface area contributed by atoms with Gasteiger partial charge in [-0.25, -0.2) is 0 Å². The number of anilines is 1. The van der Waals surface area contributed by atoms with Crippen LogP contribution in [0.4, 0.5) is 5.69 Å². The van der Waals surface area contributed by atoms with Crippen molar-refractivity contribution >= 4 is 26.6 Å². The minimum atomic E-state index is -4.15. The summed E-state index contributed by atoms with van der Waals surface area (Å²) < 4.78 is 31.3. The van der Waals surface area contributed by atoms with Crippen molar-refractivity contribution in [3.63, 3.8) is 0 Å². The normalized spacial score (nSPS) is 11.7. The Morgan fingerprint density at radius 1 is 1.11 bits per heavy atom. The Labute approximate surface area is 113 Å². The van der Waals surface area contributed by atoms with Crippen molar-refractivity contribution in [3.05, 3.63) is 36.4 Å². The van der Waals surface area contributed by atoms with Crippen molar-refractivity contribution in [2.45, 2.75) is 24.7 Å². The first kappa shape index (κ1) is 13.8.